The fourth-order valence-corrected chi connectivity index (χ4v) is 4.03. The Labute approximate surface area is 182 Å². The number of oxazole rings is 1. The van der Waals surface area contributed by atoms with Gasteiger partial charge < -0.3 is 9.73 Å². The van der Waals surface area contributed by atoms with Gasteiger partial charge in [0, 0.05) is 19.4 Å². The third-order valence-electron chi connectivity index (χ3n) is 5.79. The van der Waals surface area contributed by atoms with Gasteiger partial charge in [0.2, 0.25) is 5.91 Å². The molecule has 0 bridgehead atoms. The summed E-state index contributed by atoms with van der Waals surface area (Å²) >= 11 is 0. The Kier molecular flexibility index (Phi) is 6.77. The lowest BCUT2D eigenvalue weighted by molar-refractivity contribution is -0.121. The van der Waals surface area contributed by atoms with Gasteiger partial charge in [0.25, 0.3) is 0 Å². The Morgan fingerprint density at radius 1 is 1.16 bits per heavy atom. The van der Waals surface area contributed by atoms with Crippen molar-refractivity contribution in [1.82, 2.24) is 15.2 Å². The molecule has 1 aromatic heterocycles. The fraction of sp³-hybridized carbons (Fsp3) is 0.360. The maximum Gasteiger partial charge on any atom is 0.220 e. The molecule has 1 amide bonds. The minimum absolute atomic E-state index is 0.0399. The second kappa shape index (κ2) is 9.88. The monoisotopic (exact) mass is 421 g/mol. The molecule has 2 aromatic carbocycles. The topological polar surface area (TPSA) is 58.4 Å². The number of aromatic nitrogens is 1. The van der Waals surface area contributed by atoms with E-state index in [0.29, 0.717) is 30.2 Å². The standard InChI is InChI=1S/C25H28FN3O2/c1-18-8-10-19(11-9-18)22(29-14-4-5-15-29)16-27-24(30)12-13-25-28-17-23(31-25)20-6-2-3-7-21(20)26/h2-3,6-11,17,22H,4-5,12-16H2,1H3,(H,27,30). The highest BCUT2D eigenvalue weighted by Gasteiger charge is 2.24. The number of aryl methyl sites for hydroxylation is 2. The molecule has 1 fully saturated rings. The number of hydrogen-bond acceptors (Lipinski definition) is 4. The van der Waals surface area contributed by atoms with E-state index in [2.05, 4.69) is 46.4 Å². The quantitative estimate of drug-likeness (QED) is 0.574. The van der Waals surface area contributed by atoms with Crippen LogP contribution >= 0.6 is 0 Å². The zero-order valence-electron chi connectivity index (χ0n) is 17.8. The van der Waals surface area contributed by atoms with Gasteiger partial charge in [-0.05, 0) is 50.6 Å². The van der Waals surface area contributed by atoms with E-state index in [-0.39, 0.29) is 24.2 Å². The average molecular weight is 422 g/mol. The molecule has 1 saturated heterocycles. The number of carbonyl (C=O) groups excluding carboxylic acids is 1. The molecule has 2 heterocycles. The number of halogens is 1. The Morgan fingerprint density at radius 2 is 1.90 bits per heavy atom. The highest BCUT2D eigenvalue weighted by atomic mass is 19.1. The van der Waals surface area contributed by atoms with Crippen LogP contribution in [0, 0.1) is 12.7 Å². The summed E-state index contributed by atoms with van der Waals surface area (Å²) in [5.74, 6) is 0.416. The second-order valence-electron chi connectivity index (χ2n) is 8.07. The van der Waals surface area contributed by atoms with E-state index in [4.69, 9.17) is 4.42 Å². The number of hydrogen-bond donors (Lipinski definition) is 1. The molecule has 3 aromatic rings. The lowest BCUT2D eigenvalue weighted by Gasteiger charge is -2.28. The number of amides is 1. The third-order valence-corrected chi connectivity index (χ3v) is 5.79. The molecule has 1 atom stereocenters. The molecule has 31 heavy (non-hydrogen) atoms. The number of benzene rings is 2. The number of carbonyl (C=O) groups is 1. The lowest BCUT2D eigenvalue weighted by atomic mass is 10.0. The minimum Gasteiger partial charge on any atom is -0.441 e. The summed E-state index contributed by atoms with van der Waals surface area (Å²) in [6.07, 6.45) is 4.55. The smallest absolute Gasteiger partial charge is 0.220 e. The van der Waals surface area contributed by atoms with E-state index in [0.717, 1.165) is 13.1 Å². The molecular weight excluding hydrogens is 393 g/mol. The van der Waals surface area contributed by atoms with Gasteiger partial charge in [-0.2, -0.15) is 0 Å². The van der Waals surface area contributed by atoms with Crippen molar-refractivity contribution in [2.24, 2.45) is 0 Å². The number of nitrogens with zero attached hydrogens (tertiary/aromatic N) is 2. The van der Waals surface area contributed by atoms with Crippen molar-refractivity contribution in [2.45, 2.75) is 38.6 Å². The maximum atomic E-state index is 13.9. The molecule has 0 saturated carbocycles. The molecule has 1 aliphatic rings. The van der Waals surface area contributed by atoms with Gasteiger partial charge in [0.05, 0.1) is 17.8 Å². The summed E-state index contributed by atoms with van der Waals surface area (Å²) in [5.41, 5.74) is 2.83. The normalized spacial score (nSPS) is 15.2. The number of likely N-dealkylation sites (tertiary alicyclic amines) is 1. The Hall–Kier alpha value is -2.99. The average Bonchev–Trinajstić information content (AvgIpc) is 3.46. The predicted molar refractivity (Wildman–Crippen MR) is 118 cm³/mol. The van der Waals surface area contributed by atoms with Crippen LogP contribution in [0.1, 0.15) is 42.3 Å². The van der Waals surface area contributed by atoms with Crippen LogP contribution < -0.4 is 5.32 Å². The van der Waals surface area contributed by atoms with E-state index in [1.165, 1.54) is 36.2 Å². The molecule has 5 nitrogen and oxygen atoms in total. The predicted octanol–water partition coefficient (Wildman–Crippen LogP) is 4.68. The molecule has 6 heteroatoms. The molecule has 0 spiro atoms. The second-order valence-corrected chi connectivity index (χ2v) is 8.07. The molecule has 0 radical (unpaired) electrons. The zero-order chi connectivity index (χ0) is 21.6. The van der Waals surface area contributed by atoms with Gasteiger partial charge >= 0.3 is 0 Å². The molecule has 1 N–H and O–H groups in total. The van der Waals surface area contributed by atoms with Gasteiger partial charge in [-0.25, -0.2) is 9.37 Å². The summed E-state index contributed by atoms with van der Waals surface area (Å²) in [4.78, 5) is 19.1. The summed E-state index contributed by atoms with van der Waals surface area (Å²) in [6.45, 7) is 4.78. The van der Waals surface area contributed by atoms with E-state index < -0.39 is 0 Å². The van der Waals surface area contributed by atoms with Crippen molar-refractivity contribution >= 4 is 5.91 Å². The van der Waals surface area contributed by atoms with Crippen LogP contribution in [0.5, 0.6) is 0 Å². The van der Waals surface area contributed by atoms with E-state index >= 15 is 0 Å². The largest absolute Gasteiger partial charge is 0.441 e. The molecule has 0 aliphatic carbocycles. The van der Waals surface area contributed by atoms with Gasteiger partial charge in [0.1, 0.15) is 5.82 Å². The number of nitrogens with one attached hydrogen (secondary N) is 1. The summed E-state index contributed by atoms with van der Waals surface area (Å²) < 4.78 is 19.6. The zero-order valence-corrected chi connectivity index (χ0v) is 17.8. The first-order valence-corrected chi connectivity index (χ1v) is 10.9. The van der Waals surface area contributed by atoms with Crippen LogP contribution in [-0.2, 0) is 11.2 Å². The Balaban J connectivity index is 1.33. The van der Waals surface area contributed by atoms with Crippen LogP contribution in [0.4, 0.5) is 4.39 Å². The van der Waals surface area contributed by atoms with E-state index in [9.17, 15) is 9.18 Å². The van der Waals surface area contributed by atoms with E-state index in [1.54, 1.807) is 18.2 Å². The van der Waals surface area contributed by atoms with Crippen LogP contribution in [0.25, 0.3) is 11.3 Å². The van der Waals surface area contributed by atoms with Crippen molar-refractivity contribution in [2.75, 3.05) is 19.6 Å². The SMILES string of the molecule is Cc1ccc(C(CNC(=O)CCc2ncc(-c3ccccc3F)o2)N2CCCC2)cc1. The first-order chi connectivity index (χ1) is 15.1. The highest BCUT2D eigenvalue weighted by molar-refractivity contribution is 5.76. The van der Waals surface area contributed by atoms with Crippen LogP contribution in [0.3, 0.4) is 0 Å². The minimum atomic E-state index is -0.355. The lowest BCUT2D eigenvalue weighted by Crippen LogP contribution is -2.36. The van der Waals surface area contributed by atoms with Gasteiger partial charge in [-0.1, -0.05) is 42.0 Å². The summed E-state index contributed by atoms with van der Waals surface area (Å²) in [7, 11) is 0. The first-order valence-electron chi connectivity index (χ1n) is 10.9. The van der Waals surface area contributed by atoms with Crippen LogP contribution in [0.2, 0.25) is 0 Å². The summed E-state index contributed by atoms with van der Waals surface area (Å²) in [6, 6.07) is 15.1. The third kappa shape index (κ3) is 5.39. The fourth-order valence-electron chi connectivity index (χ4n) is 4.03. The van der Waals surface area contributed by atoms with Crippen LogP contribution in [0.15, 0.2) is 59.1 Å². The van der Waals surface area contributed by atoms with Gasteiger partial charge in [-0.15, -0.1) is 0 Å². The van der Waals surface area contributed by atoms with Crippen molar-refractivity contribution in [1.29, 1.82) is 0 Å². The van der Waals surface area contributed by atoms with Crippen LogP contribution in [-0.4, -0.2) is 35.4 Å². The summed E-state index contributed by atoms with van der Waals surface area (Å²) in [5, 5.41) is 3.08. The van der Waals surface area contributed by atoms with Crippen molar-refractivity contribution < 1.29 is 13.6 Å². The van der Waals surface area contributed by atoms with Gasteiger partial charge in [0.15, 0.2) is 11.7 Å². The van der Waals surface area contributed by atoms with Gasteiger partial charge in [-0.3, -0.25) is 9.69 Å². The van der Waals surface area contributed by atoms with Crippen molar-refractivity contribution in [3.05, 3.63) is 77.6 Å². The Morgan fingerprint density at radius 3 is 2.65 bits per heavy atom. The highest BCUT2D eigenvalue weighted by Crippen LogP contribution is 2.25. The molecule has 1 aliphatic heterocycles. The Bertz CT molecular complexity index is 1010. The van der Waals surface area contributed by atoms with Crippen molar-refractivity contribution in [3.8, 4) is 11.3 Å². The first kappa shape index (κ1) is 21.2. The van der Waals surface area contributed by atoms with Crippen molar-refractivity contribution in [3.63, 3.8) is 0 Å². The molecule has 162 valence electrons. The molecule has 4 rings (SSSR count). The molecular formula is C25H28FN3O2. The van der Waals surface area contributed by atoms with E-state index in [1.807, 2.05) is 0 Å². The maximum absolute atomic E-state index is 13.9. The molecule has 1 unspecified atom stereocenters. The number of rotatable bonds is 8.